The molecule has 2 amide bonds. The van der Waals surface area contributed by atoms with Gasteiger partial charge in [0.25, 0.3) is 0 Å². The summed E-state index contributed by atoms with van der Waals surface area (Å²) >= 11 is 6.07. The largest absolute Gasteiger partial charge is 0.457 e. The van der Waals surface area contributed by atoms with Crippen LogP contribution in [0.3, 0.4) is 0 Å². The Kier molecular flexibility index (Phi) is 6.16. The van der Waals surface area contributed by atoms with Gasteiger partial charge in [-0.25, -0.2) is 9.78 Å². The minimum atomic E-state index is -0.663. The molecule has 0 unspecified atom stereocenters. The van der Waals surface area contributed by atoms with Gasteiger partial charge in [0.2, 0.25) is 0 Å². The molecule has 0 bridgehead atoms. The first kappa shape index (κ1) is 21.9. The van der Waals surface area contributed by atoms with Crippen LogP contribution in [0.25, 0.3) is 22.2 Å². The summed E-state index contributed by atoms with van der Waals surface area (Å²) in [5.74, 6) is 1.94. The fourth-order valence-corrected chi connectivity index (χ4v) is 4.01. The minimum absolute atomic E-state index is 0.530. The first-order chi connectivity index (χ1) is 16.6. The van der Waals surface area contributed by atoms with Crippen LogP contribution in [0.2, 0.25) is 5.02 Å². The van der Waals surface area contributed by atoms with Crippen LogP contribution < -0.4 is 20.7 Å². The molecule has 0 aliphatic carbocycles. The van der Waals surface area contributed by atoms with Crippen molar-refractivity contribution in [3.05, 3.63) is 71.9 Å². The van der Waals surface area contributed by atoms with Crippen LogP contribution in [0.15, 0.2) is 66.9 Å². The summed E-state index contributed by atoms with van der Waals surface area (Å²) in [6, 6.07) is 17.6. The first-order valence-corrected chi connectivity index (χ1v) is 11.2. The van der Waals surface area contributed by atoms with E-state index in [1.54, 1.807) is 30.5 Å². The molecule has 2 heterocycles. The lowest BCUT2D eigenvalue weighted by Gasteiger charge is -2.27. The number of carbonyl (C=O) groups excluding carboxylic acids is 1. The highest BCUT2D eigenvalue weighted by Crippen LogP contribution is 2.40. The topological polar surface area (TPSA) is 103 Å². The summed E-state index contributed by atoms with van der Waals surface area (Å²) in [5, 5.41) is 3.28. The highest BCUT2D eigenvalue weighted by atomic mass is 35.5. The van der Waals surface area contributed by atoms with E-state index in [4.69, 9.17) is 31.8 Å². The maximum absolute atomic E-state index is 11.6. The SMILES string of the molecule is NC(=O)Nc1cccc(Oc2ccc3ncc(N4CCOCC4)nc3c2)c1-c1ccc(Cl)cc1. The monoisotopic (exact) mass is 475 g/mol. The molecule has 0 saturated carbocycles. The third kappa shape index (κ3) is 4.73. The number of nitrogens with zero attached hydrogens (tertiary/aromatic N) is 3. The van der Waals surface area contributed by atoms with E-state index in [2.05, 4.69) is 15.2 Å². The van der Waals surface area contributed by atoms with Gasteiger partial charge in [-0.1, -0.05) is 29.8 Å². The molecule has 0 spiro atoms. The predicted molar refractivity (Wildman–Crippen MR) is 133 cm³/mol. The highest BCUT2D eigenvalue weighted by Gasteiger charge is 2.16. The summed E-state index contributed by atoms with van der Waals surface area (Å²) in [6.07, 6.45) is 1.78. The van der Waals surface area contributed by atoms with E-state index in [-0.39, 0.29) is 0 Å². The first-order valence-electron chi connectivity index (χ1n) is 10.8. The second-order valence-corrected chi connectivity index (χ2v) is 8.19. The average Bonchev–Trinajstić information content (AvgIpc) is 2.85. The van der Waals surface area contributed by atoms with Crippen molar-refractivity contribution in [2.45, 2.75) is 0 Å². The zero-order valence-electron chi connectivity index (χ0n) is 18.2. The van der Waals surface area contributed by atoms with Crippen molar-refractivity contribution in [2.24, 2.45) is 5.73 Å². The zero-order chi connectivity index (χ0) is 23.5. The smallest absolute Gasteiger partial charge is 0.316 e. The number of ether oxygens (including phenoxy) is 2. The number of aromatic nitrogens is 2. The molecule has 34 heavy (non-hydrogen) atoms. The van der Waals surface area contributed by atoms with Crippen LogP contribution in [-0.4, -0.2) is 42.3 Å². The van der Waals surface area contributed by atoms with Gasteiger partial charge in [-0.2, -0.15) is 0 Å². The number of urea groups is 1. The van der Waals surface area contributed by atoms with Crippen molar-refractivity contribution in [1.29, 1.82) is 0 Å². The van der Waals surface area contributed by atoms with Crippen LogP contribution in [0, 0.1) is 0 Å². The molecule has 8 nitrogen and oxygen atoms in total. The molecule has 1 fully saturated rings. The molecule has 1 aliphatic rings. The Balaban J connectivity index is 1.52. The minimum Gasteiger partial charge on any atom is -0.457 e. The van der Waals surface area contributed by atoms with E-state index in [1.807, 2.05) is 36.4 Å². The molecule has 1 saturated heterocycles. The molecule has 4 aromatic rings. The zero-order valence-corrected chi connectivity index (χ0v) is 19.0. The molecule has 3 aromatic carbocycles. The van der Waals surface area contributed by atoms with Crippen LogP contribution in [0.1, 0.15) is 0 Å². The number of amides is 2. The van der Waals surface area contributed by atoms with Gasteiger partial charge in [0, 0.05) is 29.7 Å². The van der Waals surface area contributed by atoms with Crippen molar-refractivity contribution < 1.29 is 14.3 Å². The van der Waals surface area contributed by atoms with Crippen molar-refractivity contribution >= 4 is 40.2 Å². The predicted octanol–water partition coefficient (Wildman–Crippen LogP) is 5.07. The Labute approximate surface area is 201 Å². The number of benzene rings is 3. The average molecular weight is 476 g/mol. The van der Waals surface area contributed by atoms with Gasteiger partial charge in [0.05, 0.1) is 36.1 Å². The van der Waals surface area contributed by atoms with E-state index in [0.29, 0.717) is 41.0 Å². The van der Waals surface area contributed by atoms with Gasteiger partial charge in [0.15, 0.2) is 0 Å². The molecule has 5 rings (SSSR count). The Hall–Kier alpha value is -3.88. The fraction of sp³-hybridized carbons (Fsp3) is 0.160. The molecular weight excluding hydrogens is 454 g/mol. The van der Waals surface area contributed by atoms with Crippen LogP contribution in [-0.2, 0) is 4.74 Å². The summed E-state index contributed by atoms with van der Waals surface area (Å²) in [4.78, 5) is 23.1. The number of nitrogens with two attached hydrogens (primary N) is 1. The number of anilines is 2. The Morgan fingerprint density at radius 3 is 2.62 bits per heavy atom. The Morgan fingerprint density at radius 1 is 1.06 bits per heavy atom. The van der Waals surface area contributed by atoms with Gasteiger partial charge < -0.3 is 25.4 Å². The molecule has 9 heteroatoms. The van der Waals surface area contributed by atoms with E-state index >= 15 is 0 Å². The highest BCUT2D eigenvalue weighted by molar-refractivity contribution is 6.30. The number of carbonyl (C=O) groups is 1. The number of primary amides is 1. The second kappa shape index (κ2) is 9.54. The third-order valence-corrected chi connectivity index (χ3v) is 5.73. The quantitative estimate of drug-likeness (QED) is 0.417. The lowest BCUT2D eigenvalue weighted by atomic mass is 10.0. The van der Waals surface area contributed by atoms with Crippen molar-refractivity contribution in [3.63, 3.8) is 0 Å². The van der Waals surface area contributed by atoms with E-state index in [1.165, 1.54) is 0 Å². The lowest BCUT2D eigenvalue weighted by Crippen LogP contribution is -2.36. The molecule has 1 aromatic heterocycles. The molecule has 172 valence electrons. The fourth-order valence-electron chi connectivity index (χ4n) is 3.88. The van der Waals surface area contributed by atoms with Gasteiger partial charge in [-0.15, -0.1) is 0 Å². The van der Waals surface area contributed by atoms with E-state index in [0.717, 1.165) is 35.5 Å². The summed E-state index contributed by atoms with van der Waals surface area (Å²) < 4.78 is 11.7. The van der Waals surface area contributed by atoms with Gasteiger partial charge in [-0.05, 0) is 42.0 Å². The van der Waals surface area contributed by atoms with Crippen molar-refractivity contribution in [1.82, 2.24) is 9.97 Å². The summed E-state index contributed by atoms with van der Waals surface area (Å²) in [5.41, 5.74) is 8.92. The maximum atomic E-state index is 11.6. The van der Waals surface area contributed by atoms with Gasteiger partial charge in [0.1, 0.15) is 17.3 Å². The number of halogens is 1. The summed E-state index contributed by atoms with van der Waals surface area (Å²) in [7, 11) is 0. The van der Waals surface area contributed by atoms with Crippen molar-refractivity contribution in [3.8, 4) is 22.6 Å². The molecule has 0 atom stereocenters. The second-order valence-electron chi connectivity index (χ2n) is 7.76. The normalized spacial score (nSPS) is 13.6. The molecule has 0 radical (unpaired) electrons. The van der Waals surface area contributed by atoms with Crippen LogP contribution >= 0.6 is 11.6 Å². The van der Waals surface area contributed by atoms with Crippen LogP contribution in [0.4, 0.5) is 16.3 Å². The number of hydrogen-bond donors (Lipinski definition) is 2. The van der Waals surface area contributed by atoms with E-state index in [9.17, 15) is 4.79 Å². The molecular formula is C25H22ClN5O3. The van der Waals surface area contributed by atoms with Crippen LogP contribution in [0.5, 0.6) is 11.5 Å². The number of hydrogen-bond acceptors (Lipinski definition) is 6. The number of rotatable bonds is 5. The van der Waals surface area contributed by atoms with Gasteiger partial charge >= 0.3 is 6.03 Å². The Bertz CT molecular complexity index is 1340. The maximum Gasteiger partial charge on any atom is 0.316 e. The lowest BCUT2D eigenvalue weighted by molar-refractivity contribution is 0.122. The third-order valence-electron chi connectivity index (χ3n) is 5.48. The number of fused-ring (bicyclic) bond motifs is 1. The Morgan fingerprint density at radius 2 is 1.85 bits per heavy atom. The number of morpholine rings is 1. The van der Waals surface area contributed by atoms with E-state index < -0.39 is 6.03 Å². The standard InChI is InChI=1S/C25H22ClN5O3/c26-17-6-4-16(5-7-17)24-20(30-25(27)32)2-1-3-22(24)34-18-8-9-19-21(14-18)29-23(15-28-19)31-10-12-33-13-11-31/h1-9,14-15H,10-13H2,(H3,27,30,32). The summed E-state index contributed by atoms with van der Waals surface area (Å²) in [6.45, 7) is 2.90. The number of nitrogens with one attached hydrogen (secondary N) is 1. The molecule has 1 aliphatic heterocycles. The van der Waals surface area contributed by atoms with Crippen molar-refractivity contribution in [2.75, 3.05) is 36.5 Å². The molecule has 3 N–H and O–H groups in total. The van der Waals surface area contributed by atoms with Gasteiger partial charge in [-0.3, -0.25) is 4.98 Å².